The predicted octanol–water partition coefficient (Wildman–Crippen LogP) is 1.95. The fourth-order valence-corrected chi connectivity index (χ4v) is 4.07. The number of carbonyl (C=O) groups is 3. The van der Waals surface area contributed by atoms with Crippen LogP contribution in [-0.4, -0.2) is 60.8 Å². The van der Waals surface area contributed by atoms with Gasteiger partial charge < -0.3 is 19.9 Å². The predicted molar refractivity (Wildman–Crippen MR) is 109 cm³/mol. The van der Waals surface area contributed by atoms with Crippen LogP contribution >= 0.6 is 0 Å². The maximum atomic E-state index is 12.5. The summed E-state index contributed by atoms with van der Waals surface area (Å²) >= 11 is 0. The Kier molecular flexibility index (Phi) is 7.49. The van der Waals surface area contributed by atoms with Crippen molar-refractivity contribution in [3.05, 3.63) is 29.8 Å². The molecule has 0 bridgehead atoms. The SMILES string of the molecule is COc1cccc(CNC(=O)CC[C@H]2CCCN(C(=O)CN3CCCC3=O)C2)c1. The fraction of sp³-hybridized carbons (Fsp3) is 0.591. The molecule has 1 aromatic rings. The van der Waals surface area contributed by atoms with E-state index in [1.807, 2.05) is 29.2 Å². The monoisotopic (exact) mass is 401 g/mol. The molecule has 2 fully saturated rings. The van der Waals surface area contributed by atoms with Crippen molar-refractivity contribution in [2.24, 2.45) is 5.92 Å². The molecule has 158 valence electrons. The quantitative estimate of drug-likeness (QED) is 0.722. The second-order valence-electron chi connectivity index (χ2n) is 7.93. The summed E-state index contributed by atoms with van der Waals surface area (Å²) in [6, 6.07) is 7.65. The lowest BCUT2D eigenvalue weighted by Gasteiger charge is -2.33. The molecule has 29 heavy (non-hydrogen) atoms. The highest BCUT2D eigenvalue weighted by molar-refractivity contribution is 5.86. The Labute approximate surface area is 172 Å². The summed E-state index contributed by atoms with van der Waals surface area (Å²) in [6.45, 7) is 2.81. The van der Waals surface area contributed by atoms with Gasteiger partial charge in [-0.25, -0.2) is 0 Å². The van der Waals surface area contributed by atoms with Crippen LogP contribution in [0.5, 0.6) is 5.75 Å². The van der Waals surface area contributed by atoms with Crippen LogP contribution in [0.2, 0.25) is 0 Å². The highest BCUT2D eigenvalue weighted by Gasteiger charge is 2.28. The minimum Gasteiger partial charge on any atom is -0.497 e. The highest BCUT2D eigenvalue weighted by atomic mass is 16.5. The molecule has 7 heteroatoms. The lowest BCUT2D eigenvalue weighted by molar-refractivity contribution is -0.139. The summed E-state index contributed by atoms with van der Waals surface area (Å²) in [7, 11) is 1.62. The summed E-state index contributed by atoms with van der Waals surface area (Å²) < 4.78 is 5.20. The zero-order valence-electron chi connectivity index (χ0n) is 17.2. The van der Waals surface area contributed by atoms with Crippen LogP contribution in [0.3, 0.4) is 0 Å². The van der Waals surface area contributed by atoms with Gasteiger partial charge in [0.15, 0.2) is 0 Å². The van der Waals surface area contributed by atoms with Crippen molar-refractivity contribution in [3.8, 4) is 5.75 Å². The number of carbonyl (C=O) groups excluding carboxylic acids is 3. The molecule has 2 saturated heterocycles. The van der Waals surface area contributed by atoms with Gasteiger partial charge in [-0.2, -0.15) is 0 Å². The van der Waals surface area contributed by atoms with E-state index < -0.39 is 0 Å². The molecule has 2 heterocycles. The van der Waals surface area contributed by atoms with Crippen LogP contribution in [0.1, 0.15) is 44.1 Å². The summed E-state index contributed by atoms with van der Waals surface area (Å²) in [6.07, 6.45) is 4.63. The molecular formula is C22H31N3O4. The molecule has 1 atom stereocenters. The van der Waals surface area contributed by atoms with Gasteiger partial charge in [0.1, 0.15) is 5.75 Å². The summed E-state index contributed by atoms with van der Waals surface area (Å²) in [5.74, 6) is 1.26. The van der Waals surface area contributed by atoms with Crippen molar-refractivity contribution in [1.82, 2.24) is 15.1 Å². The smallest absolute Gasteiger partial charge is 0.242 e. The largest absolute Gasteiger partial charge is 0.497 e. The van der Waals surface area contributed by atoms with Crippen molar-refractivity contribution in [3.63, 3.8) is 0 Å². The van der Waals surface area contributed by atoms with Gasteiger partial charge in [-0.15, -0.1) is 0 Å². The third-order valence-corrected chi connectivity index (χ3v) is 5.77. The number of nitrogens with zero attached hydrogens (tertiary/aromatic N) is 2. The lowest BCUT2D eigenvalue weighted by Crippen LogP contribution is -2.45. The second-order valence-corrected chi connectivity index (χ2v) is 7.93. The third kappa shape index (κ3) is 6.21. The van der Waals surface area contributed by atoms with Crippen LogP contribution < -0.4 is 10.1 Å². The van der Waals surface area contributed by atoms with Crippen molar-refractivity contribution in [2.45, 2.75) is 45.1 Å². The van der Waals surface area contributed by atoms with Crippen LogP contribution in [0.4, 0.5) is 0 Å². The number of hydrogen-bond donors (Lipinski definition) is 1. The molecule has 0 saturated carbocycles. The van der Waals surface area contributed by atoms with Crippen LogP contribution in [0, 0.1) is 5.92 Å². The number of likely N-dealkylation sites (tertiary alicyclic amines) is 2. The van der Waals surface area contributed by atoms with Gasteiger partial charge in [-0.1, -0.05) is 12.1 Å². The Hall–Kier alpha value is -2.57. The Bertz CT molecular complexity index is 737. The minimum atomic E-state index is 0.0268. The minimum absolute atomic E-state index is 0.0268. The molecule has 3 rings (SSSR count). The van der Waals surface area contributed by atoms with Crippen molar-refractivity contribution < 1.29 is 19.1 Å². The zero-order chi connectivity index (χ0) is 20.6. The van der Waals surface area contributed by atoms with E-state index in [0.29, 0.717) is 38.4 Å². The number of nitrogens with one attached hydrogen (secondary N) is 1. The molecule has 0 unspecified atom stereocenters. The molecule has 2 aliphatic rings. The van der Waals surface area contributed by atoms with Gasteiger partial charge in [0.05, 0.1) is 13.7 Å². The molecule has 1 aromatic carbocycles. The molecule has 2 aliphatic heterocycles. The standard InChI is InChI=1S/C22H31N3O4/c1-29-19-7-2-5-18(13-19)14-23-20(26)10-9-17-6-3-11-24(15-17)22(28)16-25-12-4-8-21(25)27/h2,5,7,13,17H,3-4,6,8-12,14-16H2,1H3,(H,23,26)/t17-/m1/s1. The van der Waals surface area contributed by atoms with Crippen LogP contribution in [0.25, 0.3) is 0 Å². The molecule has 3 amide bonds. The first-order valence-corrected chi connectivity index (χ1v) is 10.5. The number of hydrogen-bond acceptors (Lipinski definition) is 4. The van der Waals surface area contributed by atoms with Gasteiger partial charge in [0.25, 0.3) is 0 Å². The molecule has 0 radical (unpaired) electrons. The Morgan fingerprint density at radius 1 is 1.24 bits per heavy atom. The molecular weight excluding hydrogens is 370 g/mol. The maximum absolute atomic E-state index is 12.5. The van der Waals surface area contributed by atoms with E-state index in [1.54, 1.807) is 12.0 Å². The Morgan fingerprint density at radius 2 is 2.10 bits per heavy atom. The first kappa shape index (κ1) is 21.1. The normalized spacial score (nSPS) is 19.3. The van der Waals surface area contributed by atoms with E-state index in [-0.39, 0.29) is 24.3 Å². The first-order chi connectivity index (χ1) is 14.0. The number of rotatable bonds is 8. The second kappa shape index (κ2) is 10.3. The third-order valence-electron chi connectivity index (χ3n) is 5.77. The highest BCUT2D eigenvalue weighted by Crippen LogP contribution is 2.22. The van der Waals surface area contributed by atoms with E-state index in [4.69, 9.17) is 4.74 Å². The van der Waals surface area contributed by atoms with Crippen LogP contribution in [-0.2, 0) is 20.9 Å². The molecule has 0 aromatic heterocycles. The van der Waals surface area contributed by atoms with E-state index in [1.165, 1.54) is 0 Å². The zero-order valence-corrected chi connectivity index (χ0v) is 17.2. The molecule has 1 N–H and O–H groups in total. The number of amides is 3. The van der Waals surface area contributed by atoms with Gasteiger partial charge in [0, 0.05) is 39.0 Å². The number of piperidine rings is 1. The topological polar surface area (TPSA) is 79.0 Å². The number of benzene rings is 1. The van der Waals surface area contributed by atoms with Gasteiger partial charge in [0.2, 0.25) is 17.7 Å². The maximum Gasteiger partial charge on any atom is 0.242 e. The van der Waals surface area contributed by atoms with Gasteiger partial charge >= 0.3 is 0 Å². The molecule has 0 spiro atoms. The van der Waals surface area contributed by atoms with Crippen molar-refractivity contribution in [2.75, 3.05) is 33.3 Å². The summed E-state index contributed by atoms with van der Waals surface area (Å²) in [5.41, 5.74) is 1.00. The van der Waals surface area contributed by atoms with Gasteiger partial charge in [-0.05, 0) is 49.3 Å². The average Bonchev–Trinajstić information content (AvgIpc) is 3.15. The Balaban J connectivity index is 1.38. The van der Waals surface area contributed by atoms with Gasteiger partial charge in [-0.3, -0.25) is 14.4 Å². The fourth-order valence-electron chi connectivity index (χ4n) is 4.07. The van der Waals surface area contributed by atoms with Crippen molar-refractivity contribution in [1.29, 1.82) is 0 Å². The van der Waals surface area contributed by atoms with Crippen LogP contribution in [0.15, 0.2) is 24.3 Å². The van der Waals surface area contributed by atoms with E-state index in [9.17, 15) is 14.4 Å². The molecule has 0 aliphatic carbocycles. The van der Waals surface area contributed by atoms with E-state index in [0.717, 1.165) is 43.5 Å². The lowest BCUT2D eigenvalue weighted by atomic mass is 9.93. The van der Waals surface area contributed by atoms with E-state index in [2.05, 4.69) is 5.32 Å². The Morgan fingerprint density at radius 3 is 2.86 bits per heavy atom. The first-order valence-electron chi connectivity index (χ1n) is 10.5. The van der Waals surface area contributed by atoms with Crippen molar-refractivity contribution >= 4 is 17.7 Å². The summed E-state index contributed by atoms with van der Waals surface area (Å²) in [4.78, 5) is 40.0. The van der Waals surface area contributed by atoms with E-state index >= 15 is 0 Å². The molecule has 7 nitrogen and oxygen atoms in total. The summed E-state index contributed by atoms with van der Waals surface area (Å²) in [5, 5.41) is 2.96. The number of methoxy groups -OCH3 is 1. The number of ether oxygens (including phenoxy) is 1. The average molecular weight is 402 g/mol.